The first-order valence-electron chi connectivity index (χ1n) is 4.69. The predicted octanol–water partition coefficient (Wildman–Crippen LogP) is 4.26. The van der Waals surface area contributed by atoms with Crippen LogP contribution in [-0.4, -0.2) is 0 Å². The Balaban J connectivity index is 3.19. The van der Waals surface area contributed by atoms with Crippen LogP contribution in [0.2, 0.25) is 0 Å². The molecule has 0 aliphatic carbocycles. The van der Waals surface area contributed by atoms with Crippen LogP contribution in [0.1, 0.15) is 38.5 Å². The summed E-state index contributed by atoms with van der Waals surface area (Å²) in [4.78, 5) is 0. The lowest BCUT2D eigenvalue weighted by atomic mass is 10.0. The van der Waals surface area contributed by atoms with Gasteiger partial charge in [0.25, 0.3) is 0 Å². The zero-order valence-electron chi connectivity index (χ0n) is 8.02. The summed E-state index contributed by atoms with van der Waals surface area (Å²) < 4.78 is 0. The van der Waals surface area contributed by atoms with E-state index in [4.69, 9.17) is 0 Å². The third-order valence-corrected chi connectivity index (χ3v) is 1.89. The van der Waals surface area contributed by atoms with Crippen molar-refractivity contribution in [3.05, 3.63) is 37.5 Å². The molecule has 0 fully saturated rings. The topological polar surface area (TPSA) is 0 Å². The molecule has 0 nitrogen and oxygen atoms in total. The molecule has 0 saturated carbocycles. The molecule has 0 N–H and O–H groups in total. The quantitative estimate of drug-likeness (QED) is 0.371. The summed E-state index contributed by atoms with van der Waals surface area (Å²) >= 11 is 0. The second-order valence-corrected chi connectivity index (χ2v) is 3.11. The van der Waals surface area contributed by atoms with E-state index in [1.54, 1.807) is 0 Å². The van der Waals surface area contributed by atoms with Crippen molar-refractivity contribution in [1.29, 1.82) is 0 Å². The summed E-state index contributed by atoms with van der Waals surface area (Å²) in [5.41, 5.74) is 1.36. The van der Waals surface area contributed by atoms with Crippen LogP contribution in [0.15, 0.2) is 37.5 Å². The van der Waals surface area contributed by atoms with Crippen molar-refractivity contribution >= 4 is 0 Å². The van der Waals surface area contributed by atoms with Crippen LogP contribution in [0, 0.1) is 0 Å². The van der Waals surface area contributed by atoms with Crippen LogP contribution >= 0.6 is 0 Å². The molecule has 0 spiro atoms. The lowest BCUT2D eigenvalue weighted by Crippen LogP contribution is -1.82. The summed E-state index contributed by atoms with van der Waals surface area (Å²) in [5, 5.41) is 0. The maximum atomic E-state index is 4.02. The molecule has 0 amide bonds. The highest BCUT2D eigenvalue weighted by Gasteiger charge is 1.92. The zero-order valence-corrected chi connectivity index (χ0v) is 8.02. The normalized spacial score (nSPS) is 9.33. The summed E-state index contributed by atoms with van der Waals surface area (Å²) in [6, 6.07) is 0. The molecule has 0 radical (unpaired) electrons. The van der Waals surface area contributed by atoms with Gasteiger partial charge in [0, 0.05) is 0 Å². The van der Waals surface area contributed by atoms with Gasteiger partial charge in [-0.25, -0.2) is 0 Å². The highest BCUT2D eigenvalue weighted by molar-refractivity contribution is 4.95. The summed E-state index contributed by atoms with van der Waals surface area (Å²) in [6.45, 7) is 11.4. The van der Waals surface area contributed by atoms with Crippen LogP contribution in [0.25, 0.3) is 0 Å². The lowest BCUT2D eigenvalue weighted by Gasteiger charge is -2.02. The number of allylic oxidation sites excluding steroid dienone is 3. The number of hydrogen-bond donors (Lipinski definition) is 0. The van der Waals surface area contributed by atoms with Gasteiger partial charge in [-0.2, -0.15) is 0 Å². The fourth-order valence-electron chi connectivity index (χ4n) is 1.09. The molecule has 0 heteroatoms. The van der Waals surface area contributed by atoms with E-state index in [2.05, 4.69) is 19.7 Å². The molecular weight excluding hydrogens is 144 g/mol. The summed E-state index contributed by atoms with van der Waals surface area (Å²) in [7, 11) is 0. The third-order valence-electron chi connectivity index (χ3n) is 1.89. The standard InChI is InChI=1S/C12H20/c1-4-6-8-9-11-12(3)10-7-5-2/h4-5H,1-3,6-11H2. The third kappa shape index (κ3) is 7.33. The molecule has 0 unspecified atom stereocenters. The molecule has 0 atom stereocenters. The molecule has 68 valence electrons. The number of rotatable bonds is 8. The van der Waals surface area contributed by atoms with E-state index in [0.717, 1.165) is 19.3 Å². The fraction of sp³-hybridized carbons (Fsp3) is 0.500. The first kappa shape index (κ1) is 11.2. The minimum atomic E-state index is 1.07. The Labute approximate surface area is 76.7 Å². The van der Waals surface area contributed by atoms with Crippen molar-refractivity contribution in [2.45, 2.75) is 38.5 Å². The Morgan fingerprint density at radius 2 is 1.58 bits per heavy atom. The van der Waals surface area contributed by atoms with Crippen molar-refractivity contribution in [2.24, 2.45) is 0 Å². The molecule has 0 saturated heterocycles. The highest BCUT2D eigenvalue weighted by Crippen LogP contribution is 2.12. The lowest BCUT2D eigenvalue weighted by molar-refractivity contribution is 0.722. The maximum Gasteiger partial charge on any atom is -0.0288 e. The van der Waals surface area contributed by atoms with Crippen molar-refractivity contribution in [2.75, 3.05) is 0 Å². The van der Waals surface area contributed by atoms with E-state index >= 15 is 0 Å². The van der Waals surface area contributed by atoms with Gasteiger partial charge in [0.15, 0.2) is 0 Å². The summed E-state index contributed by atoms with van der Waals surface area (Å²) in [5.74, 6) is 0. The largest absolute Gasteiger partial charge is 0.103 e. The van der Waals surface area contributed by atoms with E-state index in [0.29, 0.717) is 0 Å². The number of hydrogen-bond acceptors (Lipinski definition) is 0. The van der Waals surface area contributed by atoms with Crippen LogP contribution < -0.4 is 0 Å². The van der Waals surface area contributed by atoms with E-state index in [-0.39, 0.29) is 0 Å². The SMILES string of the molecule is C=CCCCCC(=C)CCC=C. The Hall–Kier alpha value is -0.780. The number of unbranched alkanes of at least 4 members (excludes halogenated alkanes) is 2. The molecule has 0 aromatic heterocycles. The van der Waals surface area contributed by atoms with E-state index in [1.165, 1.54) is 24.8 Å². The molecule has 0 aromatic carbocycles. The van der Waals surface area contributed by atoms with Gasteiger partial charge < -0.3 is 0 Å². The second-order valence-electron chi connectivity index (χ2n) is 3.11. The van der Waals surface area contributed by atoms with Gasteiger partial charge in [-0.05, 0) is 38.5 Å². The highest BCUT2D eigenvalue weighted by atomic mass is 14.0. The minimum Gasteiger partial charge on any atom is -0.103 e. The molecule has 0 aliphatic rings. The van der Waals surface area contributed by atoms with E-state index in [9.17, 15) is 0 Å². The molecule has 0 rings (SSSR count). The second kappa shape index (κ2) is 8.32. The van der Waals surface area contributed by atoms with Gasteiger partial charge in [-0.3, -0.25) is 0 Å². The van der Waals surface area contributed by atoms with Gasteiger partial charge in [0.2, 0.25) is 0 Å². The Bertz CT molecular complexity index is 142. The van der Waals surface area contributed by atoms with Gasteiger partial charge in [0.05, 0.1) is 0 Å². The minimum absolute atomic E-state index is 1.07. The van der Waals surface area contributed by atoms with Crippen molar-refractivity contribution in [1.82, 2.24) is 0 Å². The summed E-state index contributed by atoms with van der Waals surface area (Å²) in [6.07, 6.45) is 10.9. The van der Waals surface area contributed by atoms with Crippen LogP contribution in [0.3, 0.4) is 0 Å². The monoisotopic (exact) mass is 164 g/mol. The molecule has 0 aliphatic heterocycles. The Morgan fingerprint density at radius 3 is 2.17 bits per heavy atom. The fourth-order valence-corrected chi connectivity index (χ4v) is 1.09. The van der Waals surface area contributed by atoms with E-state index in [1.807, 2.05) is 12.2 Å². The van der Waals surface area contributed by atoms with Crippen LogP contribution in [0.5, 0.6) is 0 Å². The predicted molar refractivity (Wildman–Crippen MR) is 57.2 cm³/mol. The van der Waals surface area contributed by atoms with Gasteiger partial charge in [0.1, 0.15) is 0 Å². The van der Waals surface area contributed by atoms with E-state index < -0.39 is 0 Å². The smallest absolute Gasteiger partial charge is 0.0288 e. The van der Waals surface area contributed by atoms with Crippen molar-refractivity contribution in [3.8, 4) is 0 Å². The zero-order chi connectivity index (χ0) is 9.23. The van der Waals surface area contributed by atoms with Gasteiger partial charge >= 0.3 is 0 Å². The molecule has 0 aromatic rings. The van der Waals surface area contributed by atoms with Gasteiger partial charge in [-0.15, -0.1) is 13.2 Å². The maximum absolute atomic E-state index is 4.02. The van der Waals surface area contributed by atoms with Crippen LogP contribution in [-0.2, 0) is 0 Å². The van der Waals surface area contributed by atoms with Crippen molar-refractivity contribution < 1.29 is 0 Å². The molecule has 12 heavy (non-hydrogen) atoms. The molecule has 0 heterocycles. The van der Waals surface area contributed by atoms with Crippen molar-refractivity contribution in [3.63, 3.8) is 0 Å². The average Bonchev–Trinajstić information content (AvgIpc) is 2.09. The Morgan fingerprint density at radius 1 is 0.917 bits per heavy atom. The molecule has 0 bridgehead atoms. The average molecular weight is 164 g/mol. The Kier molecular flexibility index (Phi) is 7.78. The molecular formula is C12H20. The van der Waals surface area contributed by atoms with Crippen LogP contribution in [0.4, 0.5) is 0 Å². The first-order chi connectivity index (χ1) is 5.81. The first-order valence-corrected chi connectivity index (χ1v) is 4.69. The van der Waals surface area contributed by atoms with Gasteiger partial charge in [-0.1, -0.05) is 24.3 Å².